The average molecular weight is 333 g/mol. The Hall–Kier alpha value is -1.92. The topological polar surface area (TPSA) is 63.2 Å². The van der Waals surface area contributed by atoms with Crippen molar-refractivity contribution in [2.75, 3.05) is 19.0 Å². The molecule has 0 aliphatic rings. The number of hydrogen-bond donors (Lipinski definition) is 2. The van der Waals surface area contributed by atoms with Gasteiger partial charge in [0, 0.05) is 36.3 Å². The SMILES string of the molecule is COC(C)c1cccc(NC(=O)NCC(C)c2nc(C)cs2)c1. The maximum atomic E-state index is 12.0. The standard InChI is InChI=1S/C17H23N3O2S/c1-11(16-19-12(2)10-23-16)9-18-17(21)20-15-7-5-6-14(8-15)13(3)22-4/h5-8,10-11,13H,9H2,1-4H3,(H2,18,20,21). The summed E-state index contributed by atoms with van der Waals surface area (Å²) in [5.74, 6) is 0.194. The zero-order chi connectivity index (χ0) is 16.8. The molecule has 0 bridgehead atoms. The second kappa shape index (κ2) is 8.08. The van der Waals surface area contributed by atoms with Gasteiger partial charge < -0.3 is 15.4 Å². The number of rotatable bonds is 6. The smallest absolute Gasteiger partial charge is 0.319 e. The van der Waals surface area contributed by atoms with Gasteiger partial charge >= 0.3 is 6.03 Å². The molecule has 1 heterocycles. The molecule has 1 aromatic carbocycles. The van der Waals surface area contributed by atoms with Crippen LogP contribution in [-0.4, -0.2) is 24.7 Å². The zero-order valence-corrected chi connectivity index (χ0v) is 14.7. The van der Waals surface area contributed by atoms with Gasteiger partial charge in [0.25, 0.3) is 0 Å². The van der Waals surface area contributed by atoms with E-state index in [1.54, 1.807) is 18.4 Å². The average Bonchev–Trinajstić information content (AvgIpc) is 2.98. The normalized spacial score (nSPS) is 13.4. The lowest BCUT2D eigenvalue weighted by Crippen LogP contribution is -2.31. The number of urea groups is 1. The Bertz CT molecular complexity index is 657. The van der Waals surface area contributed by atoms with Crippen molar-refractivity contribution in [1.29, 1.82) is 0 Å². The van der Waals surface area contributed by atoms with Crippen molar-refractivity contribution in [3.63, 3.8) is 0 Å². The minimum atomic E-state index is -0.215. The van der Waals surface area contributed by atoms with Crippen molar-refractivity contribution in [3.8, 4) is 0 Å². The van der Waals surface area contributed by atoms with Crippen LogP contribution in [0.15, 0.2) is 29.6 Å². The maximum absolute atomic E-state index is 12.0. The van der Waals surface area contributed by atoms with Gasteiger partial charge in [-0.2, -0.15) is 0 Å². The molecule has 2 aromatic rings. The summed E-state index contributed by atoms with van der Waals surface area (Å²) in [6.45, 7) is 6.55. The van der Waals surface area contributed by atoms with Crippen LogP contribution in [0.5, 0.6) is 0 Å². The molecule has 0 saturated heterocycles. The lowest BCUT2D eigenvalue weighted by atomic mass is 10.1. The maximum Gasteiger partial charge on any atom is 0.319 e. The number of methoxy groups -OCH3 is 1. The molecule has 124 valence electrons. The van der Waals surface area contributed by atoms with Crippen LogP contribution in [0.1, 0.15) is 42.1 Å². The van der Waals surface area contributed by atoms with Crippen molar-refractivity contribution in [3.05, 3.63) is 45.9 Å². The molecule has 0 aliphatic heterocycles. The zero-order valence-electron chi connectivity index (χ0n) is 13.9. The summed E-state index contributed by atoms with van der Waals surface area (Å²) in [5, 5.41) is 8.80. The van der Waals surface area contributed by atoms with Gasteiger partial charge in [0.05, 0.1) is 11.1 Å². The van der Waals surface area contributed by atoms with Crippen molar-refractivity contribution in [1.82, 2.24) is 10.3 Å². The summed E-state index contributed by atoms with van der Waals surface area (Å²) in [4.78, 5) is 16.5. The number of hydrogen-bond acceptors (Lipinski definition) is 4. The van der Waals surface area contributed by atoms with Crippen LogP contribution in [0.3, 0.4) is 0 Å². The first-order chi connectivity index (χ1) is 11.0. The molecule has 2 atom stereocenters. The molecular formula is C17H23N3O2S. The molecule has 0 fully saturated rings. The predicted octanol–water partition coefficient (Wildman–Crippen LogP) is 4.08. The minimum Gasteiger partial charge on any atom is -0.377 e. The van der Waals surface area contributed by atoms with Crippen LogP contribution in [0, 0.1) is 6.92 Å². The van der Waals surface area contributed by atoms with E-state index in [4.69, 9.17) is 4.74 Å². The number of carbonyl (C=O) groups excluding carboxylic acids is 1. The van der Waals surface area contributed by atoms with E-state index in [0.717, 1.165) is 22.0 Å². The number of benzene rings is 1. The number of carbonyl (C=O) groups is 1. The van der Waals surface area contributed by atoms with Gasteiger partial charge in [-0.3, -0.25) is 0 Å². The third-order valence-corrected chi connectivity index (χ3v) is 4.79. The molecule has 2 N–H and O–H groups in total. The monoisotopic (exact) mass is 333 g/mol. The second-order valence-electron chi connectivity index (χ2n) is 5.57. The Balaban J connectivity index is 1.87. The highest BCUT2D eigenvalue weighted by atomic mass is 32.1. The van der Waals surface area contributed by atoms with Crippen LogP contribution in [0.25, 0.3) is 0 Å². The molecular weight excluding hydrogens is 310 g/mol. The number of nitrogens with one attached hydrogen (secondary N) is 2. The molecule has 0 spiro atoms. The van der Waals surface area contributed by atoms with Crippen molar-refractivity contribution < 1.29 is 9.53 Å². The van der Waals surface area contributed by atoms with Crippen molar-refractivity contribution >= 4 is 23.1 Å². The van der Waals surface area contributed by atoms with Crippen LogP contribution in [0.4, 0.5) is 10.5 Å². The minimum absolute atomic E-state index is 0.00650. The van der Waals surface area contributed by atoms with Crippen LogP contribution >= 0.6 is 11.3 Å². The summed E-state index contributed by atoms with van der Waals surface area (Å²) in [6.07, 6.45) is -0.00650. The number of aromatic nitrogens is 1. The van der Waals surface area contributed by atoms with E-state index < -0.39 is 0 Å². The van der Waals surface area contributed by atoms with Gasteiger partial charge in [0.15, 0.2) is 0 Å². The molecule has 1 aromatic heterocycles. The third kappa shape index (κ3) is 5.04. The Morgan fingerprint density at radius 2 is 2.17 bits per heavy atom. The third-order valence-electron chi connectivity index (χ3n) is 3.59. The van der Waals surface area contributed by atoms with Gasteiger partial charge in [0.2, 0.25) is 0 Å². The molecule has 2 unspecified atom stereocenters. The van der Waals surface area contributed by atoms with Crippen molar-refractivity contribution in [2.45, 2.75) is 32.8 Å². The summed E-state index contributed by atoms with van der Waals surface area (Å²) < 4.78 is 5.29. The lowest BCUT2D eigenvalue weighted by molar-refractivity contribution is 0.119. The highest BCUT2D eigenvalue weighted by Crippen LogP contribution is 2.20. The summed E-state index contributed by atoms with van der Waals surface area (Å²) in [7, 11) is 1.67. The molecule has 2 rings (SSSR count). The fourth-order valence-electron chi connectivity index (χ4n) is 2.11. The van der Waals surface area contributed by atoms with Crippen LogP contribution < -0.4 is 10.6 Å². The molecule has 0 aliphatic carbocycles. The number of aryl methyl sites for hydroxylation is 1. The van der Waals surface area contributed by atoms with E-state index in [9.17, 15) is 4.79 Å². The van der Waals surface area contributed by atoms with E-state index in [2.05, 4.69) is 22.5 Å². The molecule has 0 saturated carbocycles. The number of nitrogens with zero attached hydrogens (tertiary/aromatic N) is 1. The van der Waals surface area contributed by atoms with E-state index in [1.807, 2.05) is 43.5 Å². The van der Waals surface area contributed by atoms with Crippen molar-refractivity contribution in [2.24, 2.45) is 0 Å². The molecule has 6 heteroatoms. The highest BCUT2D eigenvalue weighted by molar-refractivity contribution is 7.09. The molecule has 0 radical (unpaired) electrons. The first-order valence-corrected chi connectivity index (χ1v) is 8.47. The largest absolute Gasteiger partial charge is 0.377 e. The number of thiazole rings is 1. The van der Waals surface area contributed by atoms with Gasteiger partial charge in [0.1, 0.15) is 0 Å². The lowest BCUT2D eigenvalue weighted by Gasteiger charge is -2.13. The summed E-state index contributed by atoms with van der Waals surface area (Å²) in [5.41, 5.74) is 2.80. The van der Waals surface area contributed by atoms with Gasteiger partial charge in [-0.25, -0.2) is 9.78 Å². The van der Waals surface area contributed by atoms with E-state index in [1.165, 1.54) is 0 Å². The molecule has 2 amide bonds. The van der Waals surface area contributed by atoms with Gasteiger partial charge in [-0.1, -0.05) is 19.1 Å². The Morgan fingerprint density at radius 1 is 1.39 bits per heavy atom. The van der Waals surface area contributed by atoms with E-state index in [0.29, 0.717) is 6.54 Å². The Kier molecular flexibility index (Phi) is 6.12. The van der Waals surface area contributed by atoms with Crippen LogP contribution in [-0.2, 0) is 4.74 Å². The van der Waals surface area contributed by atoms with Crippen LogP contribution in [0.2, 0.25) is 0 Å². The second-order valence-corrected chi connectivity index (χ2v) is 6.46. The van der Waals surface area contributed by atoms with E-state index >= 15 is 0 Å². The quantitative estimate of drug-likeness (QED) is 0.837. The highest BCUT2D eigenvalue weighted by Gasteiger charge is 2.11. The number of anilines is 1. The fraction of sp³-hybridized carbons (Fsp3) is 0.412. The number of ether oxygens (including phenoxy) is 1. The summed E-state index contributed by atoms with van der Waals surface area (Å²) in [6, 6.07) is 7.44. The molecule has 5 nitrogen and oxygen atoms in total. The first kappa shape index (κ1) is 17.4. The Morgan fingerprint density at radius 3 is 2.83 bits per heavy atom. The predicted molar refractivity (Wildman–Crippen MR) is 94.2 cm³/mol. The van der Waals surface area contributed by atoms with Gasteiger partial charge in [-0.05, 0) is 31.5 Å². The summed E-state index contributed by atoms with van der Waals surface area (Å²) >= 11 is 1.62. The van der Waals surface area contributed by atoms with E-state index in [-0.39, 0.29) is 18.1 Å². The van der Waals surface area contributed by atoms with Gasteiger partial charge in [-0.15, -0.1) is 11.3 Å². The fourth-order valence-corrected chi connectivity index (χ4v) is 2.97. The Labute approximate surface area is 141 Å². The number of amides is 2. The molecule has 23 heavy (non-hydrogen) atoms. The first-order valence-electron chi connectivity index (χ1n) is 7.59.